The van der Waals surface area contributed by atoms with Crippen LogP contribution in [0.3, 0.4) is 0 Å². The van der Waals surface area contributed by atoms with Crippen molar-refractivity contribution in [2.75, 3.05) is 6.61 Å². The molecule has 0 spiro atoms. The van der Waals surface area contributed by atoms with Crippen LogP contribution in [0.2, 0.25) is 0 Å². The number of rotatable bonds is 1. The van der Waals surface area contributed by atoms with Crippen molar-refractivity contribution >= 4 is 12.4 Å². The average Bonchev–Trinajstić information content (AvgIpc) is 2.14. The van der Waals surface area contributed by atoms with E-state index in [0.717, 1.165) is 12.1 Å². The molecule has 0 aliphatic heterocycles. The monoisotopic (exact) mass is 238 g/mol. The minimum Gasteiger partial charge on any atom is -0.445 e. The van der Waals surface area contributed by atoms with Crippen LogP contribution < -0.4 is 56.8 Å². The van der Waals surface area contributed by atoms with Crippen LogP contribution in [0.25, 0.3) is 0 Å². The first-order valence-corrected chi connectivity index (χ1v) is 3.93. The van der Waals surface area contributed by atoms with Crippen LogP contribution in [0, 0.1) is 11.8 Å². The Labute approximate surface area is 129 Å². The Morgan fingerprint density at radius 3 is 2.07 bits per heavy atom. The van der Waals surface area contributed by atoms with Gasteiger partial charge in [-0.05, 0) is 12.1 Å². The summed E-state index contributed by atoms with van der Waals surface area (Å²) in [6.07, 6.45) is 0. The fraction of sp³-hybridized carbons (Fsp3) is 0.111. The van der Waals surface area contributed by atoms with Gasteiger partial charge in [0, 0.05) is 5.56 Å². The van der Waals surface area contributed by atoms with Gasteiger partial charge in [-0.15, -0.1) is 5.46 Å². The van der Waals surface area contributed by atoms with E-state index >= 15 is 0 Å². The molecule has 0 saturated heterocycles. The summed E-state index contributed by atoms with van der Waals surface area (Å²) in [5.41, 5.74) is -0.178. The van der Waals surface area contributed by atoms with Gasteiger partial charge >= 0.3 is 58.4 Å². The summed E-state index contributed by atoms with van der Waals surface area (Å²) >= 11 is 0. The van der Waals surface area contributed by atoms with Crippen molar-refractivity contribution in [3.8, 4) is 11.8 Å². The molecule has 1 aromatic carbocycles. The van der Waals surface area contributed by atoms with Gasteiger partial charge in [-0.1, -0.05) is 24.0 Å². The zero-order valence-corrected chi connectivity index (χ0v) is 11.3. The first kappa shape index (κ1) is 15.2. The van der Waals surface area contributed by atoms with E-state index in [4.69, 9.17) is 5.11 Å². The summed E-state index contributed by atoms with van der Waals surface area (Å²) < 4.78 is 36.5. The van der Waals surface area contributed by atoms with Crippen LogP contribution in [0.4, 0.5) is 12.9 Å². The zero-order chi connectivity index (χ0) is 10.6. The minimum atomic E-state index is -4.93. The molecule has 0 aliphatic rings. The van der Waals surface area contributed by atoms with E-state index in [0.29, 0.717) is 5.56 Å². The number of halogens is 3. The predicted molar refractivity (Wildman–Crippen MR) is 49.1 cm³/mol. The third kappa shape index (κ3) is 5.20. The Morgan fingerprint density at radius 2 is 1.67 bits per heavy atom. The molecule has 0 aliphatic carbocycles. The smallest absolute Gasteiger partial charge is 0.445 e. The molecule has 0 atom stereocenters. The van der Waals surface area contributed by atoms with E-state index in [1.54, 1.807) is 0 Å². The topological polar surface area (TPSA) is 20.2 Å². The summed E-state index contributed by atoms with van der Waals surface area (Å²) in [7, 11) is 0. The fourth-order valence-electron chi connectivity index (χ4n) is 0.926. The normalized spacial score (nSPS) is 9.87. The average molecular weight is 238 g/mol. The van der Waals surface area contributed by atoms with Crippen molar-refractivity contribution in [3.05, 3.63) is 29.8 Å². The third-order valence-corrected chi connectivity index (χ3v) is 1.60. The summed E-state index contributed by atoms with van der Waals surface area (Å²) in [4.78, 5) is 0. The Morgan fingerprint density at radius 1 is 1.13 bits per heavy atom. The first-order chi connectivity index (χ1) is 6.54. The molecule has 0 aromatic heterocycles. The zero-order valence-electron chi connectivity index (χ0n) is 8.17. The number of hydrogen-bond acceptors (Lipinski definition) is 1. The quantitative estimate of drug-likeness (QED) is 0.447. The number of aliphatic hydroxyl groups excluding tert-OH is 1. The van der Waals surface area contributed by atoms with Gasteiger partial charge in [-0.2, -0.15) is 0 Å². The van der Waals surface area contributed by atoms with E-state index in [1.807, 2.05) is 0 Å². The van der Waals surface area contributed by atoms with Gasteiger partial charge in [0.1, 0.15) is 6.61 Å². The van der Waals surface area contributed by atoms with Crippen LogP contribution in [0.5, 0.6) is 0 Å². The maximum absolute atomic E-state index is 12.2. The summed E-state index contributed by atoms with van der Waals surface area (Å²) in [5, 5.41) is 8.36. The summed E-state index contributed by atoms with van der Waals surface area (Å²) in [6.45, 7) is -5.23. The van der Waals surface area contributed by atoms with E-state index < -0.39 is 12.4 Å². The van der Waals surface area contributed by atoms with Crippen molar-refractivity contribution in [1.29, 1.82) is 0 Å². The van der Waals surface area contributed by atoms with E-state index in [1.165, 1.54) is 12.1 Å². The standard InChI is InChI=1S/C9H7BF3O.K/c11-10(12,13)9-5-3-8(4-6-9)2-1-7-14;/h3-6,14H,7H2;/q-1;+1. The van der Waals surface area contributed by atoms with Gasteiger partial charge in [0.25, 0.3) is 0 Å². The van der Waals surface area contributed by atoms with Crippen molar-refractivity contribution in [3.63, 3.8) is 0 Å². The van der Waals surface area contributed by atoms with Crippen molar-refractivity contribution in [1.82, 2.24) is 0 Å². The molecule has 74 valence electrons. The second kappa shape index (κ2) is 6.74. The van der Waals surface area contributed by atoms with E-state index in [9.17, 15) is 12.9 Å². The molecule has 0 amide bonds. The summed E-state index contributed by atoms with van der Waals surface area (Å²) in [6, 6.07) is 4.54. The molecule has 0 radical (unpaired) electrons. The van der Waals surface area contributed by atoms with Crippen LogP contribution in [-0.4, -0.2) is 18.7 Å². The minimum absolute atomic E-state index is 0. The van der Waals surface area contributed by atoms with Gasteiger partial charge < -0.3 is 18.1 Å². The molecule has 0 bridgehead atoms. The number of benzene rings is 1. The molecule has 0 unspecified atom stereocenters. The second-order valence-corrected chi connectivity index (χ2v) is 2.66. The van der Waals surface area contributed by atoms with E-state index in [-0.39, 0.29) is 58.0 Å². The molecule has 0 fully saturated rings. The second-order valence-electron chi connectivity index (χ2n) is 2.66. The molecule has 6 heteroatoms. The number of hydrogen-bond donors (Lipinski definition) is 1. The number of aliphatic hydroxyl groups is 1. The predicted octanol–water partition coefficient (Wildman–Crippen LogP) is -1.91. The van der Waals surface area contributed by atoms with Gasteiger partial charge in [-0.25, -0.2) is 0 Å². The SMILES string of the molecule is OCC#Cc1ccc([B-](F)(F)F)cc1.[K+]. The van der Waals surface area contributed by atoms with Crippen LogP contribution in [0.15, 0.2) is 24.3 Å². The Kier molecular flexibility index (Phi) is 6.84. The Bertz CT molecular complexity index is 364. The van der Waals surface area contributed by atoms with E-state index in [2.05, 4.69) is 11.8 Å². The molecule has 1 N–H and O–H groups in total. The molecule has 0 heterocycles. The van der Waals surface area contributed by atoms with Crippen LogP contribution in [-0.2, 0) is 0 Å². The van der Waals surface area contributed by atoms with Crippen molar-refractivity contribution < 1.29 is 69.4 Å². The summed E-state index contributed by atoms with van der Waals surface area (Å²) in [5.74, 6) is 4.86. The Balaban J connectivity index is 0.00000196. The molecular weight excluding hydrogens is 231 g/mol. The Hall–Kier alpha value is 0.231. The van der Waals surface area contributed by atoms with Gasteiger partial charge in [0.05, 0.1) is 0 Å². The van der Waals surface area contributed by atoms with Gasteiger partial charge in [0.15, 0.2) is 0 Å². The van der Waals surface area contributed by atoms with Gasteiger partial charge in [-0.3, -0.25) is 0 Å². The third-order valence-electron chi connectivity index (χ3n) is 1.60. The van der Waals surface area contributed by atoms with Gasteiger partial charge in [0.2, 0.25) is 0 Å². The fourth-order valence-corrected chi connectivity index (χ4v) is 0.926. The largest absolute Gasteiger partial charge is 1.00 e. The van der Waals surface area contributed by atoms with Crippen LogP contribution >= 0.6 is 0 Å². The molecule has 0 saturated carbocycles. The van der Waals surface area contributed by atoms with Crippen LogP contribution in [0.1, 0.15) is 5.56 Å². The molecule has 15 heavy (non-hydrogen) atoms. The molecular formula is C9H7BF3KO. The molecule has 1 nitrogen and oxygen atoms in total. The first-order valence-electron chi connectivity index (χ1n) is 3.93. The molecule has 1 rings (SSSR count). The van der Waals surface area contributed by atoms with Crippen molar-refractivity contribution in [2.24, 2.45) is 0 Å². The maximum atomic E-state index is 12.2. The maximum Gasteiger partial charge on any atom is 1.00 e. The van der Waals surface area contributed by atoms with Crippen molar-refractivity contribution in [2.45, 2.75) is 0 Å². The molecule has 1 aromatic rings.